The summed E-state index contributed by atoms with van der Waals surface area (Å²) in [5, 5.41) is 2.08. The van der Waals surface area contributed by atoms with Crippen LogP contribution in [0.2, 0.25) is 0 Å². The summed E-state index contributed by atoms with van der Waals surface area (Å²) in [6.45, 7) is 1.99. The number of carbonyl (C=O) groups is 2. The van der Waals surface area contributed by atoms with E-state index in [1.165, 1.54) is 0 Å². The van der Waals surface area contributed by atoms with Crippen molar-refractivity contribution in [2.24, 2.45) is 5.92 Å². The third kappa shape index (κ3) is 2.42. The number of alkyl halides is 1. The maximum Gasteiger partial charge on any atom is 0.327 e. The molecule has 0 heterocycles. The molecule has 2 aromatic rings. The van der Waals surface area contributed by atoms with Gasteiger partial charge in [-0.3, -0.25) is 9.59 Å². The number of Topliss-reactive ketones (excluding diaryl/α,β-unsaturated/α-hetero) is 1. The number of rotatable bonds is 4. The second kappa shape index (κ2) is 5.15. The Morgan fingerprint density at radius 3 is 2.67 bits per heavy atom. The van der Waals surface area contributed by atoms with Crippen LogP contribution in [0, 0.1) is 5.92 Å². The van der Waals surface area contributed by atoms with Crippen molar-refractivity contribution >= 4 is 34.1 Å². The van der Waals surface area contributed by atoms with Crippen LogP contribution >= 0.6 is 11.6 Å². The summed E-state index contributed by atoms with van der Waals surface area (Å²) in [6, 6.07) is 13.4. The zero-order valence-electron chi connectivity index (χ0n) is 11.6. The van der Waals surface area contributed by atoms with Crippen LogP contribution in [-0.2, 0) is 9.53 Å². The normalized spacial score (nSPS) is 23.8. The fourth-order valence-electron chi connectivity index (χ4n) is 2.56. The Kier molecular flexibility index (Phi) is 3.46. The fraction of sp³-hybridized carbons (Fsp3) is 0.294. The minimum atomic E-state index is -1.17. The summed E-state index contributed by atoms with van der Waals surface area (Å²) in [7, 11) is 0. The van der Waals surface area contributed by atoms with Crippen molar-refractivity contribution in [2.45, 2.75) is 18.2 Å². The molecule has 1 aliphatic carbocycles. The van der Waals surface area contributed by atoms with Gasteiger partial charge in [0.2, 0.25) is 0 Å². The number of carbonyl (C=O) groups excluding carboxylic acids is 2. The lowest BCUT2D eigenvalue weighted by Crippen LogP contribution is -2.24. The van der Waals surface area contributed by atoms with Crippen LogP contribution in [0.25, 0.3) is 10.8 Å². The van der Waals surface area contributed by atoms with Gasteiger partial charge in [0.25, 0.3) is 0 Å². The second-order valence-corrected chi connectivity index (χ2v) is 5.94. The number of esters is 1. The van der Waals surface area contributed by atoms with E-state index < -0.39 is 16.8 Å². The SMILES string of the molecule is CCOC(=O)C1(Cl)CC1C(=O)c1ccc2ccccc2c1. The van der Waals surface area contributed by atoms with Crippen molar-refractivity contribution in [2.75, 3.05) is 6.61 Å². The van der Waals surface area contributed by atoms with Gasteiger partial charge in [0.05, 0.1) is 12.5 Å². The predicted octanol–water partition coefficient (Wildman–Crippen LogP) is 3.58. The molecule has 3 nitrogen and oxygen atoms in total. The first-order valence-corrected chi connectivity index (χ1v) is 7.33. The zero-order chi connectivity index (χ0) is 15.0. The number of fused-ring (bicyclic) bond motifs is 1. The van der Waals surface area contributed by atoms with Crippen LogP contribution < -0.4 is 0 Å². The molecule has 0 radical (unpaired) electrons. The number of benzene rings is 2. The van der Waals surface area contributed by atoms with Gasteiger partial charge in [0.15, 0.2) is 10.7 Å². The van der Waals surface area contributed by atoms with Crippen LogP contribution in [0.1, 0.15) is 23.7 Å². The van der Waals surface area contributed by atoms with Crippen molar-refractivity contribution in [3.05, 3.63) is 48.0 Å². The van der Waals surface area contributed by atoms with Gasteiger partial charge in [0.1, 0.15) is 0 Å². The van der Waals surface area contributed by atoms with Gasteiger partial charge in [-0.15, -0.1) is 11.6 Å². The van der Waals surface area contributed by atoms with E-state index in [-0.39, 0.29) is 12.4 Å². The van der Waals surface area contributed by atoms with E-state index in [2.05, 4.69) is 0 Å². The molecular weight excluding hydrogens is 288 g/mol. The quantitative estimate of drug-likeness (QED) is 0.492. The standard InChI is InChI=1S/C17H15ClO3/c1-2-21-16(20)17(18)10-14(17)15(19)13-8-7-11-5-3-4-6-12(11)9-13/h3-9,14H,2,10H2,1H3. The van der Waals surface area contributed by atoms with E-state index in [0.717, 1.165) is 10.8 Å². The van der Waals surface area contributed by atoms with Crippen molar-refractivity contribution < 1.29 is 14.3 Å². The Labute approximate surface area is 127 Å². The van der Waals surface area contributed by atoms with Crippen LogP contribution in [-0.4, -0.2) is 23.2 Å². The third-order valence-electron chi connectivity index (χ3n) is 3.86. The molecule has 108 valence electrons. The summed E-state index contributed by atoms with van der Waals surface area (Å²) in [4.78, 5) is 23.1. The number of hydrogen-bond acceptors (Lipinski definition) is 3. The average molecular weight is 303 g/mol. The van der Waals surface area contributed by atoms with Gasteiger partial charge in [-0.05, 0) is 30.2 Å². The molecule has 0 aliphatic heterocycles. The van der Waals surface area contributed by atoms with E-state index in [1.54, 1.807) is 13.0 Å². The maximum absolute atomic E-state index is 12.5. The minimum absolute atomic E-state index is 0.0937. The van der Waals surface area contributed by atoms with Gasteiger partial charge in [0, 0.05) is 5.56 Å². The fourth-order valence-corrected chi connectivity index (χ4v) is 2.87. The van der Waals surface area contributed by atoms with E-state index in [0.29, 0.717) is 12.0 Å². The highest BCUT2D eigenvalue weighted by Crippen LogP contribution is 2.52. The number of hydrogen-bond donors (Lipinski definition) is 0. The molecule has 0 aromatic heterocycles. The Morgan fingerprint density at radius 2 is 1.95 bits per heavy atom. The highest BCUT2D eigenvalue weighted by molar-refractivity contribution is 6.39. The van der Waals surface area contributed by atoms with E-state index in [9.17, 15) is 9.59 Å². The minimum Gasteiger partial charge on any atom is -0.465 e. The molecule has 0 saturated heterocycles. The Hall–Kier alpha value is -1.87. The first-order valence-electron chi connectivity index (χ1n) is 6.95. The van der Waals surface area contributed by atoms with Gasteiger partial charge in [-0.2, -0.15) is 0 Å². The van der Waals surface area contributed by atoms with Gasteiger partial charge >= 0.3 is 5.97 Å². The third-order valence-corrected chi connectivity index (χ3v) is 4.43. The molecule has 2 atom stereocenters. The second-order valence-electron chi connectivity index (χ2n) is 5.27. The first kappa shape index (κ1) is 14.1. The smallest absolute Gasteiger partial charge is 0.327 e. The van der Waals surface area contributed by atoms with Crippen LogP contribution in [0.4, 0.5) is 0 Å². The van der Waals surface area contributed by atoms with Crippen molar-refractivity contribution in [3.8, 4) is 0 Å². The topological polar surface area (TPSA) is 43.4 Å². The Bertz CT molecular complexity index is 725. The number of halogens is 1. The van der Waals surface area contributed by atoms with Crippen molar-refractivity contribution in [1.82, 2.24) is 0 Å². The van der Waals surface area contributed by atoms with Crippen LogP contribution in [0.15, 0.2) is 42.5 Å². The molecule has 1 saturated carbocycles. The van der Waals surface area contributed by atoms with Crippen molar-refractivity contribution in [1.29, 1.82) is 0 Å². The number of ketones is 1. The molecule has 1 aliphatic rings. The maximum atomic E-state index is 12.5. The summed E-state index contributed by atoms with van der Waals surface area (Å²) in [5.74, 6) is -1.08. The van der Waals surface area contributed by atoms with Crippen LogP contribution in [0.3, 0.4) is 0 Å². The molecule has 21 heavy (non-hydrogen) atoms. The number of ether oxygens (including phenoxy) is 1. The zero-order valence-corrected chi connectivity index (χ0v) is 12.4. The molecule has 2 aromatic carbocycles. The molecule has 1 fully saturated rings. The summed E-state index contributed by atoms with van der Waals surface area (Å²) < 4.78 is 4.93. The average Bonchev–Trinajstić information content (AvgIpc) is 3.20. The van der Waals surface area contributed by atoms with Gasteiger partial charge < -0.3 is 4.74 Å². The monoisotopic (exact) mass is 302 g/mol. The molecule has 0 bridgehead atoms. The largest absolute Gasteiger partial charge is 0.465 e. The highest BCUT2D eigenvalue weighted by atomic mass is 35.5. The van der Waals surface area contributed by atoms with E-state index >= 15 is 0 Å². The van der Waals surface area contributed by atoms with E-state index in [1.807, 2.05) is 36.4 Å². The molecule has 0 N–H and O–H groups in total. The van der Waals surface area contributed by atoms with E-state index in [4.69, 9.17) is 16.3 Å². The summed E-state index contributed by atoms with van der Waals surface area (Å²) in [6.07, 6.45) is 0.346. The molecule has 3 rings (SSSR count). The van der Waals surface area contributed by atoms with Crippen molar-refractivity contribution in [3.63, 3.8) is 0 Å². The highest BCUT2D eigenvalue weighted by Gasteiger charge is 2.63. The Balaban J connectivity index is 1.84. The summed E-state index contributed by atoms with van der Waals surface area (Å²) >= 11 is 6.21. The first-order chi connectivity index (χ1) is 10.1. The molecular formula is C17H15ClO3. The molecule has 4 heteroatoms. The van der Waals surface area contributed by atoms with Gasteiger partial charge in [-0.1, -0.05) is 36.4 Å². The lowest BCUT2D eigenvalue weighted by Gasteiger charge is -2.08. The predicted molar refractivity (Wildman–Crippen MR) is 81.6 cm³/mol. The lowest BCUT2D eigenvalue weighted by atomic mass is 10.0. The van der Waals surface area contributed by atoms with Gasteiger partial charge in [-0.25, -0.2) is 0 Å². The Morgan fingerprint density at radius 1 is 1.24 bits per heavy atom. The molecule has 0 spiro atoms. The lowest BCUT2D eigenvalue weighted by molar-refractivity contribution is -0.143. The molecule has 2 unspecified atom stereocenters. The molecule has 0 amide bonds. The summed E-state index contributed by atoms with van der Waals surface area (Å²) in [5.41, 5.74) is 0.588. The van der Waals surface area contributed by atoms with Crippen LogP contribution in [0.5, 0.6) is 0 Å².